The fraction of sp³-hybridized carbons (Fsp3) is 0.522. The molecule has 0 aromatic heterocycles. The molecular formula is C23H34N6O. The van der Waals surface area contributed by atoms with E-state index in [2.05, 4.69) is 35.2 Å². The second-order valence-electron chi connectivity index (χ2n) is 8.30. The van der Waals surface area contributed by atoms with Crippen molar-refractivity contribution >= 4 is 29.4 Å². The van der Waals surface area contributed by atoms with E-state index in [1.165, 1.54) is 0 Å². The van der Waals surface area contributed by atoms with Gasteiger partial charge in [0.15, 0.2) is 0 Å². The number of amides is 1. The number of carbonyl (C=O) groups excluding carboxylic acids is 1. The van der Waals surface area contributed by atoms with Crippen LogP contribution in [-0.4, -0.2) is 42.8 Å². The Hall–Kier alpha value is -3.01. The molecule has 0 atom stereocenters. The zero-order valence-electron chi connectivity index (χ0n) is 18.5. The first kappa shape index (κ1) is 23.3. The number of nitriles is 1. The summed E-state index contributed by atoms with van der Waals surface area (Å²) in [6.07, 6.45) is 4.74. The zero-order chi connectivity index (χ0) is 22.4. The maximum atomic E-state index is 12.2. The third-order valence-corrected chi connectivity index (χ3v) is 5.96. The van der Waals surface area contributed by atoms with E-state index in [0.29, 0.717) is 11.6 Å². The third-order valence-electron chi connectivity index (χ3n) is 5.96. The van der Waals surface area contributed by atoms with Crippen LogP contribution in [0.1, 0.15) is 57.6 Å². The number of aliphatic imine (C=N–C) groups is 1. The van der Waals surface area contributed by atoms with E-state index in [1.807, 2.05) is 32.9 Å². The van der Waals surface area contributed by atoms with Crippen LogP contribution >= 0.6 is 0 Å². The van der Waals surface area contributed by atoms with Gasteiger partial charge in [0.1, 0.15) is 11.5 Å². The number of rotatable bonds is 6. The summed E-state index contributed by atoms with van der Waals surface area (Å²) in [6.45, 7) is 7.73. The van der Waals surface area contributed by atoms with Gasteiger partial charge in [-0.2, -0.15) is 5.26 Å². The zero-order valence-corrected chi connectivity index (χ0v) is 18.5. The van der Waals surface area contributed by atoms with Crippen molar-refractivity contribution in [1.82, 2.24) is 5.32 Å². The molecule has 1 saturated carbocycles. The quantitative estimate of drug-likeness (QED) is 0.486. The fourth-order valence-electron chi connectivity index (χ4n) is 3.72. The molecule has 7 heteroatoms. The van der Waals surface area contributed by atoms with Gasteiger partial charge in [-0.3, -0.25) is 15.6 Å². The number of nitrogens with zero attached hydrogens (tertiary/aromatic N) is 3. The second kappa shape index (κ2) is 10.1. The van der Waals surface area contributed by atoms with Crippen molar-refractivity contribution in [3.05, 3.63) is 28.8 Å². The Bertz CT molecular complexity index is 894. The number of nitrogens with one attached hydrogen (secondary N) is 3. The van der Waals surface area contributed by atoms with Crippen LogP contribution in [-0.2, 0) is 4.79 Å². The van der Waals surface area contributed by atoms with E-state index < -0.39 is 5.91 Å². The normalized spacial score (nSPS) is 18.8. The van der Waals surface area contributed by atoms with Crippen molar-refractivity contribution in [3.8, 4) is 6.07 Å². The maximum absolute atomic E-state index is 12.2. The van der Waals surface area contributed by atoms with E-state index in [1.54, 1.807) is 0 Å². The van der Waals surface area contributed by atoms with Crippen molar-refractivity contribution in [1.29, 1.82) is 16.1 Å². The monoisotopic (exact) mass is 410 g/mol. The summed E-state index contributed by atoms with van der Waals surface area (Å²) >= 11 is 0. The first-order valence-electron chi connectivity index (χ1n) is 10.4. The van der Waals surface area contributed by atoms with Crippen molar-refractivity contribution in [2.24, 2.45) is 10.9 Å². The van der Waals surface area contributed by atoms with E-state index in [9.17, 15) is 10.1 Å². The van der Waals surface area contributed by atoms with Crippen molar-refractivity contribution in [2.45, 2.75) is 65.5 Å². The van der Waals surface area contributed by atoms with E-state index in [0.717, 1.165) is 48.7 Å². The summed E-state index contributed by atoms with van der Waals surface area (Å²) in [5, 5.41) is 27.7. The second-order valence-corrected chi connectivity index (χ2v) is 8.30. The third kappa shape index (κ3) is 5.53. The molecule has 0 unspecified atom stereocenters. The van der Waals surface area contributed by atoms with Crippen LogP contribution in [0.4, 0.5) is 5.69 Å². The Labute approximate surface area is 180 Å². The molecule has 1 aromatic rings. The Balaban J connectivity index is 0.00000480. The van der Waals surface area contributed by atoms with Crippen LogP contribution in [0.15, 0.2) is 17.1 Å². The number of benzene rings is 1. The van der Waals surface area contributed by atoms with E-state index in [-0.39, 0.29) is 24.9 Å². The van der Waals surface area contributed by atoms with E-state index in [4.69, 9.17) is 10.8 Å². The molecule has 1 fully saturated rings. The van der Waals surface area contributed by atoms with Crippen LogP contribution in [0.3, 0.4) is 0 Å². The SMILES string of the molecule is Cc1c(C#N)ccc(N(C)C2CCC(NC(=O)C(=N)C=NC(=N)C(C)C)CC2)c1C.[HH]. The average Bonchev–Trinajstić information content (AvgIpc) is 2.73. The van der Waals surface area contributed by atoms with Crippen LogP contribution in [0, 0.1) is 41.9 Å². The summed E-state index contributed by atoms with van der Waals surface area (Å²) in [5.41, 5.74) is 3.79. The summed E-state index contributed by atoms with van der Waals surface area (Å²) in [4.78, 5) is 18.4. The minimum atomic E-state index is -0.439. The number of amidine groups is 1. The van der Waals surface area contributed by atoms with E-state index >= 15 is 0 Å². The summed E-state index contributed by atoms with van der Waals surface area (Å²) in [6, 6.07) is 6.55. The molecule has 1 aromatic carbocycles. The van der Waals surface area contributed by atoms with Gasteiger partial charge >= 0.3 is 0 Å². The first-order chi connectivity index (χ1) is 14.1. The molecule has 2 rings (SSSR count). The smallest absolute Gasteiger partial charge is 0.270 e. The lowest BCUT2D eigenvalue weighted by molar-refractivity contribution is -0.115. The van der Waals surface area contributed by atoms with Gasteiger partial charge in [-0.15, -0.1) is 0 Å². The van der Waals surface area contributed by atoms with Gasteiger partial charge in [0, 0.05) is 32.2 Å². The molecule has 3 N–H and O–H groups in total. The molecule has 0 radical (unpaired) electrons. The Morgan fingerprint density at radius 1 is 1.27 bits per heavy atom. The molecular weight excluding hydrogens is 376 g/mol. The molecule has 1 aliphatic rings. The topological polar surface area (TPSA) is 116 Å². The highest BCUT2D eigenvalue weighted by molar-refractivity contribution is 6.60. The molecule has 0 bridgehead atoms. The summed E-state index contributed by atoms with van der Waals surface area (Å²) in [7, 11) is 2.09. The summed E-state index contributed by atoms with van der Waals surface area (Å²) < 4.78 is 0. The maximum Gasteiger partial charge on any atom is 0.270 e. The molecule has 1 aliphatic carbocycles. The fourth-order valence-corrected chi connectivity index (χ4v) is 3.72. The highest BCUT2D eigenvalue weighted by Gasteiger charge is 2.26. The highest BCUT2D eigenvalue weighted by Crippen LogP contribution is 2.30. The Kier molecular flexibility index (Phi) is 7.87. The largest absolute Gasteiger partial charge is 0.371 e. The van der Waals surface area contributed by atoms with Gasteiger partial charge in [0.05, 0.1) is 17.8 Å². The number of hydrogen-bond acceptors (Lipinski definition) is 5. The Morgan fingerprint density at radius 2 is 1.90 bits per heavy atom. The lowest BCUT2D eigenvalue weighted by Crippen LogP contribution is -2.45. The van der Waals surface area contributed by atoms with Crippen molar-refractivity contribution in [3.63, 3.8) is 0 Å². The molecule has 0 aliphatic heterocycles. The van der Waals surface area contributed by atoms with Crippen LogP contribution in [0.2, 0.25) is 0 Å². The number of hydrogen-bond donors (Lipinski definition) is 3. The van der Waals surface area contributed by atoms with Crippen LogP contribution in [0.25, 0.3) is 0 Å². The van der Waals surface area contributed by atoms with Gasteiger partial charge in [0.2, 0.25) is 0 Å². The lowest BCUT2D eigenvalue weighted by Gasteiger charge is -2.37. The molecule has 0 heterocycles. The molecule has 0 saturated heterocycles. The van der Waals surface area contributed by atoms with Crippen LogP contribution in [0.5, 0.6) is 0 Å². The summed E-state index contributed by atoms with van der Waals surface area (Å²) in [5.74, 6) is -0.317. The molecule has 162 valence electrons. The predicted octanol–water partition coefficient (Wildman–Crippen LogP) is 4.01. The van der Waals surface area contributed by atoms with Gasteiger partial charge in [-0.1, -0.05) is 13.8 Å². The molecule has 7 nitrogen and oxygen atoms in total. The first-order valence-corrected chi connectivity index (χ1v) is 10.4. The highest BCUT2D eigenvalue weighted by atomic mass is 16.1. The molecule has 1 amide bonds. The van der Waals surface area contributed by atoms with Gasteiger partial charge in [-0.05, 0) is 62.8 Å². The van der Waals surface area contributed by atoms with Gasteiger partial charge < -0.3 is 10.2 Å². The number of carbonyl (C=O) groups is 1. The molecule has 0 spiro atoms. The van der Waals surface area contributed by atoms with Crippen molar-refractivity contribution < 1.29 is 6.22 Å². The average molecular weight is 411 g/mol. The standard InChI is InChI=1S/C23H32N6O.H2/c1-14(2)22(26)27-13-20(25)23(30)28-18-7-9-19(10-8-18)29(5)21-11-6-17(12-24)15(3)16(21)4;/h6,11,13-14,18-19,25-26H,7-10H2,1-5H3,(H,28,30);1H. The van der Waals surface area contributed by atoms with Gasteiger partial charge in [-0.25, -0.2) is 4.99 Å². The van der Waals surface area contributed by atoms with Gasteiger partial charge in [0.25, 0.3) is 5.91 Å². The lowest BCUT2D eigenvalue weighted by atomic mass is 9.89. The van der Waals surface area contributed by atoms with Crippen LogP contribution < -0.4 is 10.2 Å². The van der Waals surface area contributed by atoms with Crippen molar-refractivity contribution in [2.75, 3.05) is 11.9 Å². The molecule has 30 heavy (non-hydrogen) atoms. The predicted molar refractivity (Wildman–Crippen MR) is 124 cm³/mol. The minimum absolute atomic E-state index is 0. The number of anilines is 1. The minimum Gasteiger partial charge on any atom is -0.371 e. The Morgan fingerprint density at radius 3 is 2.47 bits per heavy atom.